The van der Waals surface area contributed by atoms with Crippen LogP contribution in [0.25, 0.3) is 0 Å². The number of nitrogens with one attached hydrogen (secondary N) is 2. The molecule has 0 aromatic carbocycles. The smallest absolute Gasteiger partial charge is 0.407 e. The Morgan fingerprint density at radius 1 is 1.50 bits per heavy atom. The van der Waals surface area contributed by atoms with E-state index in [0.29, 0.717) is 6.54 Å². The molecule has 0 spiro atoms. The highest BCUT2D eigenvalue weighted by Gasteiger charge is 2.16. The second kappa shape index (κ2) is 7.59. The van der Waals surface area contributed by atoms with Crippen LogP contribution in [0.2, 0.25) is 0 Å². The molecule has 2 N–H and O–H groups in total. The zero-order valence-corrected chi connectivity index (χ0v) is 13.8. The van der Waals surface area contributed by atoms with Crippen molar-refractivity contribution in [2.45, 2.75) is 59.2 Å². The lowest BCUT2D eigenvalue weighted by Crippen LogP contribution is -2.42. The average molecular weight is 299 g/mol. The number of ether oxygens (including phenoxy) is 1. The number of nitrogens with zero attached hydrogens (tertiary/aromatic N) is 1. The van der Waals surface area contributed by atoms with Crippen molar-refractivity contribution in [3.8, 4) is 0 Å². The van der Waals surface area contributed by atoms with Gasteiger partial charge >= 0.3 is 6.09 Å². The summed E-state index contributed by atoms with van der Waals surface area (Å²) in [7, 11) is 0. The van der Waals surface area contributed by atoms with Gasteiger partial charge < -0.3 is 15.4 Å². The fraction of sp³-hybridized carbons (Fsp3) is 0.714. The average Bonchev–Trinajstić information content (AvgIpc) is 2.73. The number of hydrogen-bond donors (Lipinski definition) is 2. The van der Waals surface area contributed by atoms with E-state index in [0.717, 1.165) is 18.0 Å². The highest BCUT2D eigenvalue weighted by atomic mass is 32.1. The second-order valence-electron chi connectivity index (χ2n) is 5.71. The first-order valence-electron chi connectivity index (χ1n) is 6.91. The summed E-state index contributed by atoms with van der Waals surface area (Å²) in [6.45, 7) is 11.0. The lowest BCUT2D eigenvalue weighted by molar-refractivity contribution is 0.0522. The van der Waals surface area contributed by atoms with Crippen LogP contribution in [0.3, 0.4) is 0 Å². The maximum Gasteiger partial charge on any atom is 0.407 e. The molecule has 0 saturated heterocycles. The van der Waals surface area contributed by atoms with Crippen LogP contribution < -0.4 is 10.6 Å². The Hall–Kier alpha value is -1.14. The van der Waals surface area contributed by atoms with E-state index in [1.807, 2.05) is 33.9 Å². The summed E-state index contributed by atoms with van der Waals surface area (Å²) in [5.41, 5.74) is -0.459. The molecule has 0 fully saturated rings. The number of carbonyl (C=O) groups excluding carboxylic acids is 1. The third-order valence-corrected chi connectivity index (χ3v) is 3.53. The zero-order chi connectivity index (χ0) is 15.2. The molecule has 0 saturated carbocycles. The number of amides is 1. The van der Waals surface area contributed by atoms with Crippen molar-refractivity contribution < 1.29 is 9.53 Å². The van der Waals surface area contributed by atoms with Gasteiger partial charge in [0.15, 0.2) is 0 Å². The van der Waals surface area contributed by atoms with E-state index in [9.17, 15) is 4.79 Å². The Balaban J connectivity index is 2.30. The normalized spacial score (nSPS) is 13.1. The molecule has 1 rings (SSSR count). The number of aromatic nitrogens is 1. The molecule has 0 radical (unpaired) electrons. The summed E-state index contributed by atoms with van der Waals surface area (Å²) in [5.74, 6) is 0. The first kappa shape index (κ1) is 16.9. The monoisotopic (exact) mass is 299 g/mol. The summed E-state index contributed by atoms with van der Waals surface area (Å²) in [6, 6.07) is 0.227. The fourth-order valence-corrected chi connectivity index (χ4v) is 2.36. The van der Waals surface area contributed by atoms with Gasteiger partial charge in [0.25, 0.3) is 0 Å². The predicted octanol–water partition coefficient (Wildman–Crippen LogP) is 2.84. The summed E-state index contributed by atoms with van der Waals surface area (Å²) in [5, 5.41) is 7.28. The molecular formula is C14H25N3O2S. The molecule has 6 heteroatoms. The van der Waals surface area contributed by atoms with E-state index >= 15 is 0 Å². The minimum Gasteiger partial charge on any atom is -0.444 e. The summed E-state index contributed by atoms with van der Waals surface area (Å²) in [6.07, 6.45) is 2.46. The van der Waals surface area contributed by atoms with Gasteiger partial charge in [-0.25, -0.2) is 9.78 Å². The van der Waals surface area contributed by atoms with Gasteiger partial charge in [0.1, 0.15) is 5.60 Å². The Kier molecular flexibility index (Phi) is 6.42. The number of carbonyl (C=O) groups is 1. The highest BCUT2D eigenvalue weighted by molar-refractivity contribution is 7.11. The lowest BCUT2D eigenvalue weighted by Gasteiger charge is -2.22. The van der Waals surface area contributed by atoms with Gasteiger partial charge in [0, 0.05) is 30.2 Å². The van der Waals surface area contributed by atoms with E-state index in [4.69, 9.17) is 4.74 Å². The lowest BCUT2D eigenvalue weighted by atomic mass is 10.2. The summed E-state index contributed by atoms with van der Waals surface area (Å²) < 4.78 is 5.21. The van der Waals surface area contributed by atoms with Crippen LogP contribution in [0, 0.1) is 6.92 Å². The van der Waals surface area contributed by atoms with Gasteiger partial charge in [-0.15, -0.1) is 11.3 Å². The minimum absolute atomic E-state index is 0.227. The van der Waals surface area contributed by atoms with Crippen LogP contribution in [0.1, 0.15) is 44.0 Å². The molecule has 1 unspecified atom stereocenters. The van der Waals surface area contributed by atoms with Crippen LogP contribution in [-0.2, 0) is 11.3 Å². The third-order valence-electron chi connectivity index (χ3n) is 2.62. The minimum atomic E-state index is -0.459. The Bertz CT molecular complexity index is 426. The van der Waals surface area contributed by atoms with Crippen molar-refractivity contribution in [3.05, 3.63) is 16.1 Å². The number of rotatable bonds is 6. The topological polar surface area (TPSA) is 63.2 Å². The van der Waals surface area contributed by atoms with Crippen molar-refractivity contribution in [2.75, 3.05) is 6.54 Å². The molecule has 1 aromatic rings. The van der Waals surface area contributed by atoms with Gasteiger partial charge in [-0.2, -0.15) is 0 Å². The van der Waals surface area contributed by atoms with Gasteiger partial charge in [0.05, 0.1) is 5.01 Å². The maximum atomic E-state index is 11.6. The van der Waals surface area contributed by atoms with Crippen LogP contribution >= 0.6 is 11.3 Å². The summed E-state index contributed by atoms with van der Waals surface area (Å²) >= 11 is 1.69. The van der Waals surface area contributed by atoms with Crippen LogP contribution in [-0.4, -0.2) is 29.3 Å². The highest BCUT2D eigenvalue weighted by Crippen LogP contribution is 2.11. The molecular weight excluding hydrogens is 274 g/mol. The number of hydrogen-bond acceptors (Lipinski definition) is 5. The molecule has 114 valence electrons. The van der Waals surface area contributed by atoms with E-state index in [2.05, 4.69) is 22.5 Å². The summed E-state index contributed by atoms with van der Waals surface area (Å²) in [4.78, 5) is 17.0. The van der Waals surface area contributed by atoms with E-state index in [1.54, 1.807) is 11.3 Å². The molecule has 1 heterocycles. The number of alkyl carbamates (subject to hydrolysis) is 1. The van der Waals surface area contributed by atoms with Crippen molar-refractivity contribution >= 4 is 17.4 Å². The molecule has 1 aromatic heterocycles. The standard InChI is InChI=1S/C14H25N3O2S/c1-6-11(7-17-13(18)19-14(3,4)5)16-9-12-8-15-10(2)20-12/h8,11,16H,6-7,9H2,1-5H3,(H,17,18). The molecule has 0 aliphatic rings. The van der Waals surface area contributed by atoms with Crippen LogP contribution in [0.5, 0.6) is 0 Å². The second-order valence-corrected chi connectivity index (χ2v) is 7.03. The van der Waals surface area contributed by atoms with Crippen molar-refractivity contribution in [3.63, 3.8) is 0 Å². The molecule has 0 aliphatic carbocycles. The Labute approximate surface area is 125 Å². The zero-order valence-electron chi connectivity index (χ0n) is 12.9. The molecule has 20 heavy (non-hydrogen) atoms. The predicted molar refractivity (Wildman–Crippen MR) is 82.0 cm³/mol. The van der Waals surface area contributed by atoms with Gasteiger partial charge in [-0.3, -0.25) is 0 Å². The molecule has 1 amide bonds. The third kappa shape index (κ3) is 6.86. The van der Waals surface area contributed by atoms with Crippen molar-refractivity contribution in [1.82, 2.24) is 15.6 Å². The Morgan fingerprint density at radius 2 is 2.20 bits per heavy atom. The van der Waals surface area contributed by atoms with Crippen molar-refractivity contribution in [2.24, 2.45) is 0 Å². The van der Waals surface area contributed by atoms with E-state index < -0.39 is 5.60 Å². The SMILES string of the molecule is CCC(CNC(=O)OC(C)(C)C)NCc1cnc(C)s1. The largest absolute Gasteiger partial charge is 0.444 e. The first-order chi connectivity index (χ1) is 9.30. The van der Waals surface area contributed by atoms with Gasteiger partial charge in [-0.1, -0.05) is 6.92 Å². The fourth-order valence-electron chi connectivity index (χ4n) is 1.61. The first-order valence-corrected chi connectivity index (χ1v) is 7.73. The van der Waals surface area contributed by atoms with Gasteiger partial charge in [0.2, 0.25) is 0 Å². The van der Waals surface area contributed by atoms with Gasteiger partial charge in [-0.05, 0) is 34.1 Å². The quantitative estimate of drug-likeness (QED) is 0.848. The van der Waals surface area contributed by atoms with E-state index in [1.165, 1.54) is 4.88 Å². The molecule has 5 nitrogen and oxygen atoms in total. The number of thiazole rings is 1. The molecule has 1 atom stereocenters. The Morgan fingerprint density at radius 3 is 2.70 bits per heavy atom. The van der Waals surface area contributed by atoms with E-state index in [-0.39, 0.29) is 12.1 Å². The maximum absolute atomic E-state index is 11.6. The molecule has 0 bridgehead atoms. The van der Waals surface area contributed by atoms with Crippen molar-refractivity contribution in [1.29, 1.82) is 0 Å². The molecule has 0 aliphatic heterocycles. The van der Waals surface area contributed by atoms with Crippen LogP contribution in [0.15, 0.2) is 6.20 Å². The van der Waals surface area contributed by atoms with Crippen LogP contribution in [0.4, 0.5) is 4.79 Å². The number of aryl methyl sites for hydroxylation is 1.